The maximum atomic E-state index is 4.75. The molecular weight excluding hydrogens is 248 g/mol. The normalized spacial score (nSPS) is 13.9. The lowest BCUT2D eigenvalue weighted by molar-refractivity contribution is 0.664. The molecule has 104 valence electrons. The molecule has 0 atom stereocenters. The third kappa shape index (κ3) is 2.50. The van der Waals surface area contributed by atoms with Crippen LogP contribution < -0.4 is 5.32 Å². The van der Waals surface area contributed by atoms with E-state index in [4.69, 9.17) is 9.97 Å². The van der Waals surface area contributed by atoms with Crippen LogP contribution in [0.25, 0.3) is 11.5 Å². The number of hydrogen-bond donors (Lipinski definition) is 1. The highest BCUT2D eigenvalue weighted by atomic mass is 15.0. The van der Waals surface area contributed by atoms with E-state index in [-0.39, 0.29) is 0 Å². The number of hydrogen-bond acceptors (Lipinski definition) is 4. The second kappa shape index (κ2) is 5.57. The van der Waals surface area contributed by atoms with Crippen molar-refractivity contribution in [3.8, 4) is 11.5 Å². The summed E-state index contributed by atoms with van der Waals surface area (Å²) in [4.78, 5) is 13.9. The molecule has 20 heavy (non-hydrogen) atoms. The summed E-state index contributed by atoms with van der Waals surface area (Å²) in [6, 6.07) is 4.04. The van der Waals surface area contributed by atoms with Crippen LogP contribution in [0.15, 0.2) is 18.3 Å². The fourth-order valence-electron chi connectivity index (χ4n) is 2.68. The maximum Gasteiger partial charge on any atom is 0.180 e. The molecule has 0 radical (unpaired) electrons. The predicted octanol–water partition coefficient (Wildman–Crippen LogP) is 3.16. The summed E-state index contributed by atoms with van der Waals surface area (Å²) in [5.41, 5.74) is 4.54. The van der Waals surface area contributed by atoms with Crippen LogP contribution in [-0.4, -0.2) is 21.5 Å². The topological polar surface area (TPSA) is 50.7 Å². The van der Waals surface area contributed by atoms with Gasteiger partial charge in [-0.15, -0.1) is 0 Å². The molecular formula is C16H20N4. The van der Waals surface area contributed by atoms with Gasteiger partial charge in [0, 0.05) is 24.0 Å². The van der Waals surface area contributed by atoms with E-state index in [1.165, 1.54) is 29.7 Å². The number of rotatable bonds is 3. The molecule has 0 bridgehead atoms. The Labute approximate surface area is 119 Å². The van der Waals surface area contributed by atoms with Crippen LogP contribution >= 0.6 is 0 Å². The minimum absolute atomic E-state index is 0.741. The van der Waals surface area contributed by atoms with Crippen molar-refractivity contribution in [1.29, 1.82) is 0 Å². The fraction of sp³-hybridized carbons (Fsp3) is 0.438. The molecule has 1 aliphatic rings. The van der Waals surface area contributed by atoms with Crippen molar-refractivity contribution in [2.45, 2.75) is 39.5 Å². The van der Waals surface area contributed by atoms with Gasteiger partial charge in [0.05, 0.1) is 0 Å². The third-order valence-electron chi connectivity index (χ3n) is 3.67. The summed E-state index contributed by atoms with van der Waals surface area (Å²) >= 11 is 0. The first-order valence-electron chi connectivity index (χ1n) is 7.34. The molecule has 3 rings (SSSR count). The molecule has 0 unspecified atom stereocenters. The Kier molecular flexibility index (Phi) is 3.63. The highest BCUT2D eigenvalue weighted by Crippen LogP contribution is 2.27. The van der Waals surface area contributed by atoms with Gasteiger partial charge in [0.25, 0.3) is 0 Å². The van der Waals surface area contributed by atoms with Crippen LogP contribution in [0, 0.1) is 6.92 Å². The Bertz CT molecular complexity index is 622. The van der Waals surface area contributed by atoms with Crippen molar-refractivity contribution >= 4 is 5.82 Å². The Morgan fingerprint density at radius 1 is 1.20 bits per heavy atom. The Morgan fingerprint density at radius 3 is 2.85 bits per heavy atom. The number of nitrogens with one attached hydrogen (secondary N) is 1. The molecule has 2 aromatic rings. The average Bonchev–Trinajstić information content (AvgIpc) is 2.47. The van der Waals surface area contributed by atoms with Crippen LogP contribution in [0.5, 0.6) is 0 Å². The van der Waals surface area contributed by atoms with Crippen molar-refractivity contribution < 1.29 is 0 Å². The lowest BCUT2D eigenvalue weighted by Crippen LogP contribution is -2.13. The van der Waals surface area contributed by atoms with E-state index in [9.17, 15) is 0 Å². The van der Waals surface area contributed by atoms with Crippen LogP contribution in [0.1, 0.15) is 36.6 Å². The molecule has 2 heterocycles. The minimum Gasteiger partial charge on any atom is -0.370 e. The number of aryl methyl sites for hydroxylation is 2. The molecule has 0 aromatic carbocycles. The Hall–Kier alpha value is -1.97. The van der Waals surface area contributed by atoms with E-state index in [2.05, 4.69) is 24.1 Å². The smallest absolute Gasteiger partial charge is 0.180 e. The molecule has 0 fully saturated rings. The van der Waals surface area contributed by atoms with Gasteiger partial charge < -0.3 is 5.32 Å². The van der Waals surface area contributed by atoms with Gasteiger partial charge >= 0.3 is 0 Å². The standard InChI is InChI=1S/C16H20N4/c1-3-17-15-12-6-4-5-7-13(12)19-16(20-15)14-10-11(2)8-9-18-14/h8-10H,3-7H2,1-2H3,(H,17,19,20). The van der Waals surface area contributed by atoms with Gasteiger partial charge in [0.15, 0.2) is 5.82 Å². The molecule has 1 N–H and O–H groups in total. The van der Waals surface area contributed by atoms with Crippen molar-refractivity contribution in [1.82, 2.24) is 15.0 Å². The van der Waals surface area contributed by atoms with Crippen LogP contribution in [0.2, 0.25) is 0 Å². The quantitative estimate of drug-likeness (QED) is 0.929. The molecule has 0 saturated carbocycles. The van der Waals surface area contributed by atoms with Crippen molar-refractivity contribution in [2.75, 3.05) is 11.9 Å². The SMILES string of the molecule is CCNc1nc(-c2cc(C)ccn2)nc2c1CCCC2. The predicted molar refractivity (Wildman–Crippen MR) is 80.8 cm³/mol. The molecule has 0 saturated heterocycles. The molecule has 2 aromatic heterocycles. The summed E-state index contributed by atoms with van der Waals surface area (Å²) in [6.45, 7) is 5.04. The highest BCUT2D eigenvalue weighted by molar-refractivity contribution is 5.57. The van der Waals surface area contributed by atoms with Crippen molar-refractivity contribution in [3.63, 3.8) is 0 Å². The molecule has 0 aliphatic heterocycles. The van der Waals surface area contributed by atoms with E-state index >= 15 is 0 Å². The van der Waals surface area contributed by atoms with Gasteiger partial charge in [-0.3, -0.25) is 4.98 Å². The second-order valence-electron chi connectivity index (χ2n) is 5.28. The first-order valence-corrected chi connectivity index (χ1v) is 7.34. The van der Waals surface area contributed by atoms with E-state index in [0.717, 1.165) is 36.7 Å². The maximum absolute atomic E-state index is 4.75. The highest BCUT2D eigenvalue weighted by Gasteiger charge is 2.18. The minimum atomic E-state index is 0.741. The number of aromatic nitrogens is 3. The van der Waals surface area contributed by atoms with Gasteiger partial charge in [-0.05, 0) is 57.2 Å². The number of pyridine rings is 1. The van der Waals surface area contributed by atoms with Crippen molar-refractivity contribution in [2.24, 2.45) is 0 Å². The lowest BCUT2D eigenvalue weighted by Gasteiger charge is -2.19. The monoisotopic (exact) mass is 268 g/mol. The van der Waals surface area contributed by atoms with Crippen LogP contribution in [0.3, 0.4) is 0 Å². The summed E-state index contributed by atoms with van der Waals surface area (Å²) < 4.78 is 0. The molecule has 1 aliphatic carbocycles. The van der Waals surface area contributed by atoms with Crippen LogP contribution in [-0.2, 0) is 12.8 Å². The van der Waals surface area contributed by atoms with E-state index in [1.807, 2.05) is 18.3 Å². The van der Waals surface area contributed by atoms with Crippen molar-refractivity contribution in [3.05, 3.63) is 35.2 Å². The average molecular weight is 268 g/mol. The van der Waals surface area contributed by atoms with Gasteiger partial charge in [-0.1, -0.05) is 0 Å². The fourth-order valence-corrected chi connectivity index (χ4v) is 2.68. The number of anilines is 1. The Balaban J connectivity index is 2.10. The second-order valence-corrected chi connectivity index (χ2v) is 5.28. The van der Waals surface area contributed by atoms with E-state index in [1.54, 1.807) is 0 Å². The molecule has 4 heteroatoms. The number of fused-ring (bicyclic) bond motifs is 1. The zero-order valence-electron chi connectivity index (χ0n) is 12.1. The first-order chi connectivity index (χ1) is 9.78. The summed E-state index contributed by atoms with van der Waals surface area (Å²) in [5, 5.41) is 3.38. The Morgan fingerprint density at radius 2 is 2.05 bits per heavy atom. The zero-order chi connectivity index (χ0) is 13.9. The van der Waals surface area contributed by atoms with Gasteiger partial charge in [-0.25, -0.2) is 9.97 Å². The number of nitrogens with zero attached hydrogens (tertiary/aromatic N) is 3. The summed E-state index contributed by atoms with van der Waals surface area (Å²) in [6.07, 6.45) is 6.40. The van der Waals surface area contributed by atoms with Crippen LogP contribution in [0.4, 0.5) is 5.82 Å². The van der Waals surface area contributed by atoms with E-state index in [0.29, 0.717) is 0 Å². The molecule has 0 amide bonds. The van der Waals surface area contributed by atoms with Gasteiger partial charge in [-0.2, -0.15) is 0 Å². The van der Waals surface area contributed by atoms with Gasteiger partial charge in [0.2, 0.25) is 0 Å². The molecule has 4 nitrogen and oxygen atoms in total. The zero-order valence-corrected chi connectivity index (χ0v) is 12.1. The summed E-state index contributed by atoms with van der Waals surface area (Å²) in [7, 11) is 0. The summed E-state index contributed by atoms with van der Waals surface area (Å²) in [5.74, 6) is 1.74. The largest absolute Gasteiger partial charge is 0.370 e. The van der Waals surface area contributed by atoms with E-state index < -0.39 is 0 Å². The molecule has 0 spiro atoms. The first kappa shape index (κ1) is 13.0. The van der Waals surface area contributed by atoms with Gasteiger partial charge in [0.1, 0.15) is 11.5 Å². The third-order valence-corrected chi connectivity index (χ3v) is 3.67. The lowest BCUT2D eigenvalue weighted by atomic mass is 9.96.